The van der Waals surface area contributed by atoms with Crippen molar-refractivity contribution >= 4 is 11.6 Å². The minimum Gasteiger partial charge on any atom is -0.366 e. The fourth-order valence-electron chi connectivity index (χ4n) is 3.03. The number of benzene rings is 1. The van der Waals surface area contributed by atoms with E-state index in [0.717, 1.165) is 43.9 Å². The first-order chi connectivity index (χ1) is 11.7. The number of aryl methyl sites for hydroxylation is 1. The summed E-state index contributed by atoms with van der Waals surface area (Å²) in [5.74, 6) is 1.07. The summed E-state index contributed by atoms with van der Waals surface area (Å²) in [5.41, 5.74) is 2.00. The molecule has 24 heavy (non-hydrogen) atoms. The standard InChI is InChI=1S/C19H24N4O/c1-15-4-6-16(7-5-15)18(24)10-14-23-12-8-17(9-13-23)21-19-3-2-11-20-22-19/h2-7,11,17H,8-10,12-14H2,1H3,(H,21,22). The number of carbonyl (C=O) groups is 1. The van der Waals surface area contributed by atoms with Gasteiger partial charge in [0.2, 0.25) is 0 Å². The van der Waals surface area contributed by atoms with Gasteiger partial charge in [-0.2, -0.15) is 5.10 Å². The van der Waals surface area contributed by atoms with Crippen LogP contribution in [0.25, 0.3) is 0 Å². The molecule has 2 heterocycles. The number of hydrogen-bond acceptors (Lipinski definition) is 5. The molecule has 0 saturated carbocycles. The van der Waals surface area contributed by atoms with E-state index in [4.69, 9.17) is 0 Å². The number of nitrogens with zero attached hydrogens (tertiary/aromatic N) is 3. The van der Waals surface area contributed by atoms with Gasteiger partial charge in [0.1, 0.15) is 5.82 Å². The van der Waals surface area contributed by atoms with Crippen molar-refractivity contribution in [1.29, 1.82) is 0 Å². The molecular weight excluding hydrogens is 300 g/mol. The van der Waals surface area contributed by atoms with E-state index in [1.807, 2.05) is 43.3 Å². The lowest BCUT2D eigenvalue weighted by Crippen LogP contribution is -2.40. The van der Waals surface area contributed by atoms with Crippen LogP contribution < -0.4 is 5.32 Å². The van der Waals surface area contributed by atoms with E-state index in [9.17, 15) is 4.79 Å². The molecule has 1 N–H and O–H groups in total. The Morgan fingerprint density at radius 1 is 1.21 bits per heavy atom. The SMILES string of the molecule is Cc1ccc(C(=O)CCN2CCC(Nc3cccnn3)CC2)cc1. The number of piperidine rings is 1. The van der Waals surface area contributed by atoms with E-state index < -0.39 is 0 Å². The fraction of sp³-hybridized carbons (Fsp3) is 0.421. The van der Waals surface area contributed by atoms with Gasteiger partial charge in [0, 0.05) is 43.9 Å². The summed E-state index contributed by atoms with van der Waals surface area (Å²) in [4.78, 5) is 14.6. The fourth-order valence-corrected chi connectivity index (χ4v) is 3.03. The lowest BCUT2D eigenvalue weighted by Gasteiger charge is -2.32. The minimum absolute atomic E-state index is 0.231. The van der Waals surface area contributed by atoms with Crippen molar-refractivity contribution in [2.24, 2.45) is 0 Å². The molecule has 3 rings (SSSR count). The third kappa shape index (κ3) is 4.61. The lowest BCUT2D eigenvalue weighted by molar-refractivity contribution is 0.0957. The maximum atomic E-state index is 12.2. The van der Waals surface area contributed by atoms with Crippen LogP contribution in [0, 0.1) is 6.92 Å². The molecule has 1 fully saturated rings. The number of hydrogen-bond donors (Lipinski definition) is 1. The minimum atomic E-state index is 0.231. The second-order valence-electron chi connectivity index (χ2n) is 6.41. The van der Waals surface area contributed by atoms with Crippen molar-refractivity contribution in [3.63, 3.8) is 0 Å². The summed E-state index contributed by atoms with van der Waals surface area (Å²) in [6.07, 6.45) is 4.40. The average Bonchev–Trinajstić information content (AvgIpc) is 2.62. The van der Waals surface area contributed by atoms with Crippen LogP contribution in [-0.2, 0) is 0 Å². The number of likely N-dealkylation sites (tertiary alicyclic amines) is 1. The van der Waals surface area contributed by atoms with Crippen LogP contribution in [0.4, 0.5) is 5.82 Å². The molecule has 0 bridgehead atoms. The molecule has 1 aromatic heterocycles. The topological polar surface area (TPSA) is 58.1 Å². The third-order valence-electron chi connectivity index (χ3n) is 4.54. The van der Waals surface area contributed by atoms with E-state index in [0.29, 0.717) is 12.5 Å². The first-order valence-electron chi connectivity index (χ1n) is 8.57. The molecule has 0 spiro atoms. The molecule has 1 saturated heterocycles. The quantitative estimate of drug-likeness (QED) is 0.828. The normalized spacial score (nSPS) is 16.0. The number of ketones is 1. The zero-order valence-electron chi connectivity index (χ0n) is 14.1. The molecule has 2 aromatic rings. The summed E-state index contributed by atoms with van der Waals surface area (Å²) < 4.78 is 0. The molecule has 0 atom stereocenters. The van der Waals surface area contributed by atoms with Crippen LogP contribution in [0.2, 0.25) is 0 Å². The van der Waals surface area contributed by atoms with Gasteiger partial charge in [-0.1, -0.05) is 29.8 Å². The van der Waals surface area contributed by atoms with Crippen LogP contribution in [0.15, 0.2) is 42.6 Å². The highest BCUT2D eigenvalue weighted by molar-refractivity contribution is 5.96. The summed E-state index contributed by atoms with van der Waals surface area (Å²) in [7, 11) is 0. The molecule has 1 aliphatic rings. The van der Waals surface area contributed by atoms with Crippen molar-refractivity contribution < 1.29 is 4.79 Å². The highest BCUT2D eigenvalue weighted by Crippen LogP contribution is 2.15. The maximum absolute atomic E-state index is 12.2. The molecule has 0 aliphatic carbocycles. The Kier molecular flexibility index (Phi) is 5.54. The molecule has 5 nitrogen and oxygen atoms in total. The highest BCUT2D eigenvalue weighted by atomic mass is 16.1. The molecule has 5 heteroatoms. The first kappa shape index (κ1) is 16.6. The molecule has 1 aliphatic heterocycles. The first-order valence-corrected chi connectivity index (χ1v) is 8.57. The van der Waals surface area contributed by atoms with Crippen molar-refractivity contribution in [3.05, 3.63) is 53.7 Å². The smallest absolute Gasteiger partial charge is 0.164 e. The Balaban J connectivity index is 1.41. The number of aromatic nitrogens is 2. The molecule has 0 radical (unpaired) electrons. The Morgan fingerprint density at radius 3 is 2.62 bits per heavy atom. The van der Waals surface area contributed by atoms with Crippen LogP contribution >= 0.6 is 0 Å². The Hall–Kier alpha value is -2.27. The van der Waals surface area contributed by atoms with Gasteiger partial charge in [-0.25, -0.2) is 0 Å². The molecule has 1 aromatic carbocycles. The van der Waals surface area contributed by atoms with E-state index in [-0.39, 0.29) is 5.78 Å². The number of anilines is 1. The highest BCUT2D eigenvalue weighted by Gasteiger charge is 2.20. The van der Waals surface area contributed by atoms with Crippen molar-refractivity contribution in [3.8, 4) is 0 Å². The summed E-state index contributed by atoms with van der Waals surface area (Å²) in [6.45, 7) is 4.90. The summed E-state index contributed by atoms with van der Waals surface area (Å²) >= 11 is 0. The predicted octanol–water partition coefficient (Wildman–Crippen LogP) is 2.93. The van der Waals surface area contributed by atoms with Gasteiger partial charge in [-0.15, -0.1) is 5.10 Å². The van der Waals surface area contributed by atoms with Crippen LogP contribution in [-0.4, -0.2) is 46.6 Å². The van der Waals surface area contributed by atoms with E-state index >= 15 is 0 Å². The predicted molar refractivity (Wildman–Crippen MR) is 95.2 cm³/mol. The zero-order chi connectivity index (χ0) is 16.8. The van der Waals surface area contributed by atoms with E-state index in [2.05, 4.69) is 20.4 Å². The molecular formula is C19H24N4O. The number of nitrogens with one attached hydrogen (secondary N) is 1. The Bertz CT molecular complexity index is 649. The van der Waals surface area contributed by atoms with Crippen LogP contribution in [0.1, 0.15) is 35.2 Å². The van der Waals surface area contributed by atoms with Gasteiger partial charge in [-0.3, -0.25) is 4.79 Å². The number of Topliss-reactive ketones (excluding diaryl/α,β-unsaturated/α-hetero) is 1. The largest absolute Gasteiger partial charge is 0.366 e. The van der Waals surface area contributed by atoms with Crippen molar-refractivity contribution in [2.75, 3.05) is 25.0 Å². The zero-order valence-corrected chi connectivity index (χ0v) is 14.1. The van der Waals surface area contributed by atoms with Gasteiger partial charge in [-0.05, 0) is 31.9 Å². The lowest BCUT2D eigenvalue weighted by atomic mass is 10.0. The average molecular weight is 324 g/mol. The molecule has 0 amide bonds. The summed E-state index contributed by atoms with van der Waals surface area (Å²) in [5, 5.41) is 11.4. The summed E-state index contributed by atoms with van der Waals surface area (Å²) in [6, 6.07) is 12.1. The van der Waals surface area contributed by atoms with E-state index in [1.54, 1.807) is 6.20 Å². The van der Waals surface area contributed by atoms with Gasteiger partial charge < -0.3 is 10.2 Å². The maximum Gasteiger partial charge on any atom is 0.164 e. The monoisotopic (exact) mass is 324 g/mol. The van der Waals surface area contributed by atoms with E-state index in [1.165, 1.54) is 5.56 Å². The van der Waals surface area contributed by atoms with Gasteiger partial charge in [0.05, 0.1) is 0 Å². The molecule has 126 valence electrons. The second-order valence-corrected chi connectivity index (χ2v) is 6.41. The number of carbonyl (C=O) groups excluding carboxylic acids is 1. The van der Waals surface area contributed by atoms with Crippen LogP contribution in [0.5, 0.6) is 0 Å². The van der Waals surface area contributed by atoms with Crippen LogP contribution in [0.3, 0.4) is 0 Å². The Morgan fingerprint density at radius 2 is 1.96 bits per heavy atom. The third-order valence-corrected chi connectivity index (χ3v) is 4.54. The van der Waals surface area contributed by atoms with Crippen molar-refractivity contribution in [1.82, 2.24) is 15.1 Å². The Labute approximate surface area is 143 Å². The van der Waals surface area contributed by atoms with Gasteiger partial charge in [0.15, 0.2) is 5.78 Å². The van der Waals surface area contributed by atoms with Gasteiger partial charge >= 0.3 is 0 Å². The molecule has 0 unspecified atom stereocenters. The van der Waals surface area contributed by atoms with Crippen molar-refractivity contribution in [2.45, 2.75) is 32.2 Å². The second kappa shape index (κ2) is 8.02. The number of rotatable bonds is 6. The van der Waals surface area contributed by atoms with Gasteiger partial charge in [0.25, 0.3) is 0 Å².